The summed E-state index contributed by atoms with van der Waals surface area (Å²) in [4.78, 5) is 25.2. The normalized spacial score (nSPS) is 22.9. The number of anilines is 1. The summed E-state index contributed by atoms with van der Waals surface area (Å²) in [7, 11) is 1.53. The van der Waals surface area contributed by atoms with Crippen LogP contribution < -0.4 is 19.1 Å². The van der Waals surface area contributed by atoms with Gasteiger partial charge >= 0.3 is 17.8 Å². The first-order valence-electron chi connectivity index (χ1n) is 15.0. The van der Waals surface area contributed by atoms with Crippen LogP contribution in [0.15, 0.2) is 48.9 Å². The Hall–Kier alpha value is -4.16. The predicted octanol–water partition coefficient (Wildman–Crippen LogP) is 6.38. The zero-order chi connectivity index (χ0) is 31.8. The quantitative estimate of drug-likeness (QED) is 0.242. The molecule has 2 saturated carbocycles. The predicted molar refractivity (Wildman–Crippen MR) is 155 cm³/mol. The fraction of sp³-hybridized carbons (Fsp3) is 0.500. The van der Waals surface area contributed by atoms with Gasteiger partial charge in [0.2, 0.25) is 5.88 Å². The summed E-state index contributed by atoms with van der Waals surface area (Å²) in [6.45, 7) is -2.22. The number of aromatic nitrogens is 3. The Morgan fingerprint density at radius 2 is 1.58 bits per heavy atom. The third-order valence-corrected chi connectivity index (χ3v) is 8.72. The van der Waals surface area contributed by atoms with E-state index in [0.29, 0.717) is 54.5 Å². The van der Waals surface area contributed by atoms with E-state index in [1.165, 1.54) is 19.5 Å². The summed E-state index contributed by atoms with van der Waals surface area (Å²) >= 11 is 0. The van der Waals surface area contributed by atoms with Gasteiger partial charge in [0, 0.05) is 18.3 Å². The molecule has 6 rings (SSSR count). The van der Waals surface area contributed by atoms with Crippen molar-refractivity contribution in [1.29, 1.82) is 0 Å². The van der Waals surface area contributed by atoms with Gasteiger partial charge < -0.3 is 24.2 Å². The molecule has 2 aromatic heterocycles. The van der Waals surface area contributed by atoms with E-state index in [9.17, 15) is 27.5 Å². The fourth-order valence-electron chi connectivity index (χ4n) is 6.07. The number of halogens is 4. The third kappa shape index (κ3) is 6.91. The maximum Gasteiger partial charge on any atom is 0.329 e. The number of carboxylic acid groups (broad SMARTS) is 1. The number of aliphatic carboxylic acids is 1. The van der Waals surface area contributed by atoms with Crippen molar-refractivity contribution < 1.29 is 41.7 Å². The summed E-state index contributed by atoms with van der Waals surface area (Å²) < 4.78 is 72.8. The Morgan fingerprint density at radius 3 is 2.18 bits per heavy atom. The molecule has 1 N–H and O–H groups in total. The molecular formula is C32H34F4N4O5. The van der Waals surface area contributed by atoms with E-state index in [0.717, 1.165) is 23.3 Å². The van der Waals surface area contributed by atoms with Crippen LogP contribution in [0.5, 0.6) is 17.4 Å². The molecule has 3 heterocycles. The molecule has 2 aliphatic carbocycles. The maximum atomic E-state index is 13.7. The second-order valence-electron chi connectivity index (χ2n) is 12.0. The van der Waals surface area contributed by atoms with Gasteiger partial charge in [-0.2, -0.15) is 17.6 Å². The number of pyridine rings is 1. The van der Waals surface area contributed by atoms with Crippen molar-refractivity contribution in [3.8, 4) is 28.8 Å². The van der Waals surface area contributed by atoms with Crippen molar-refractivity contribution in [2.75, 3.05) is 25.1 Å². The van der Waals surface area contributed by atoms with Crippen molar-refractivity contribution >= 4 is 11.7 Å². The second-order valence-corrected chi connectivity index (χ2v) is 12.0. The summed E-state index contributed by atoms with van der Waals surface area (Å²) in [5, 5.41) is 9.36. The molecular weight excluding hydrogens is 596 g/mol. The molecule has 0 amide bonds. The molecule has 0 spiro atoms. The molecule has 45 heavy (non-hydrogen) atoms. The van der Waals surface area contributed by atoms with Gasteiger partial charge in [0.1, 0.15) is 17.6 Å². The SMILES string of the molecule is COc1ccc(-c2ncc(N3CC(F)(F)C(F)(F)C3)cn2)c(OC2CCC(Oc3cc(C(CC(=O)O)C4CC4)ccn3)CC2)c1. The molecule has 3 aromatic rings. The van der Waals surface area contributed by atoms with Gasteiger partial charge in [-0.1, -0.05) is 0 Å². The van der Waals surface area contributed by atoms with Gasteiger partial charge in [-0.05, 0) is 74.1 Å². The number of hydrogen-bond acceptors (Lipinski definition) is 8. The van der Waals surface area contributed by atoms with Gasteiger partial charge in [-0.25, -0.2) is 15.0 Å². The van der Waals surface area contributed by atoms with Gasteiger partial charge in [-0.15, -0.1) is 0 Å². The van der Waals surface area contributed by atoms with Crippen LogP contribution in [-0.2, 0) is 4.79 Å². The first-order valence-corrected chi connectivity index (χ1v) is 15.0. The van der Waals surface area contributed by atoms with Crippen molar-refractivity contribution in [3.05, 3.63) is 54.5 Å². The lowest BCUT2D eigenvalue weighted by molar-refractivity contribution is -0.172. The van der Waals surface area contributed by atoms with Crippen LogP contribution in [-0.4, -0.2) is 70.3 Å². The number of nitrogens with zero attached hydrogens (tertiary/aromatic N) is 4. The zero-order valence-electron chi connectivity index (χ0n) is 24.7. The standard InChI is InChI=1S/C32H34F4N4O5/c1-43-24-8-9-25(30-38-15-21(16-39-30)40-17-31(33,34)32(35,36)18-40)27(13-24)44-22-4-6-23(7-5-22)45-28-12-20(10-11-37-28)26(14-29(41)42)19-2-3-19/h8-13,15-16,19,22-23,26H,2-7,14,17-18H2,1H3,(H,41,42). The van der Waals surface area contributed by atoms with Crippen molar-refractivity contribution in [3.63, 3.8) is 0 Å². The van der Waals surface area contributed by atoms with E-state index in [1.807, 2.05) is 12.1 Å². The lowest BCUT2D eigenvalue weighted by Gasteiger charge is -2.30. The van der Waals surface area contributed by atoms with Crippen LogP contribution in [0.3, 0.4) is 0 Å². The molecule has 1 atom stereocenters. The van der Waals surface area contributed by atoms with E-state index in [1.54, 1.807) is 24.4 Å². The van der Waals surface area contributed by atoms with Gasteiger partial charge in [0.15, 0.2) is 5.82 Å². The highest BCUT2D eigenvalue weighted by Gasteiger charge is 2.63. The molecule has 1 saturated heterocycles. The molecule has 0 bridgehead atoms. The van der Waals surface area contributed by atoms with E-state index in [4.69, 9.17) is 14.2 Å². The maximum absolute atomic E-state index is 13.7. The molecule has 13 heteroatoms. The largest absolute Gasteiger partial charge is 0.497 e. The fourth-order valence-corrected chi connectivity index (χ4v) is 6.07. The van der Waals surface area contributed by atoms with Gasteiger partial charge in [0.25, 0.3) is 0 Å². The van der Waals surface area contributed by atoms with E-state index in [2.05, 4.69) is 15.0 Å². The molecule has 1 aromatic carbocycles. The van der Waals surface area contributed by atoms with Gasteiger partial charge in [-0.3, -0.25) is 4.79 Å². The summed E-state index contributed by atoms with van der Waals surface area (Å²) in [5.41, 5.74) is 1.57. The summed E-state index contributed by atoms with van der Waals surface area (Å²) in [6.07, 6.45) is 8.96. The molecule has 1 aliphatic heterocycles. The number of carboxylic acids is 1. The van der Waals surface area contributed by atoms with Crippen LogP contribution in [0.4, 0.5) is 23.2 Å². The minimum absolute atomic E-state index is 0.0380. The first-order chi connectivity index (χ1) is 21.5. The highest BCUT2D eigenvalue weighted by Crippen LogP contribution is 2.45. The minimum Gasteiger partial charge on any atom is -0.497 e. The Morgan fingerprint density at radius 1 is 0.933 bits per heavy atom. The number of ether oxygens (including phenoxy) is 3. The first kappa shape index (κ1) is 30.8. The van der Waals surface area contributed by atoms with Crippen LogP contribution in [0, 0.1) is 5.92 Å². The van der Waals surface area contributed by atoms with Crippen molar-refractivity contribution in [2.45, 2.75) is 74.9 Å². The topological polar surface area (TPSA) is 107 Å². The number of carbonyl (C=O) groups is 1. The zero-order valence-corrected chi connectivity index (χ0v) is 24.7. The number of rotatable bonds is 11. The number of methoxy groups -OCH3 is 1. The van der Waals surface area contributed by atoms with Crippen molar-refractivity contribution in [1.82, 2.24) is 15.0 Å². The van der Waals surface area contributed by atoms with E-state index in [-0.39, 0.29) is 36.1 Å². The van der Waals surface area contributed by atoms with Crippen molar-refractivity contribution in [2.24, 2.45) is 5.92 Å². The van der Waals surface area contributed by atoms with Crippen LogP contribution >= 0.6 is 0 Å². The molecule has 3 fully saturated rings. The Balaban J connectivity index is 1.09. The summed E-state index contributed by atoms with van der Waals surface area (Å²) in [5.74, 6) is -6.94. The van der Waals surface area contributed by atoms with E-state index >= 15 is 0 Å². The molecule has 240 valence electrons. The van der Waals surface area contributed by atoms with Crippen LogP contribution in [0.25, 0.3) is 11.4 Å². The number of hydrogen-bond donors (Lipinski definition) is 1. The van der Waals surface area contributed by atoms with Crippen LogP contribution in [0.1, 0.15) is 56.4 Å². The smallest absolute Gasteiger partial charge is 0.329 e. The number of alkyl halides is 4. The monoisotopic (exact) mass is 630 g/mol. The Bertz CT molecular complexity index is 1500. The molecule has 0 radical (unpaired) electrons. The lowest BCUT2D eigenvalue weighted by Crippen LogP contribution is -2.38. The summed E-state index contributed by atoms with van der Waals surface area (Å²) in [6, 6.07) is 8.91. The third-order valence-electron chi connectivity index (χ3n) is 8.72. The molecule has 9 nitrogen and oxygen atoms in total. The molecule has 3 aliphatic rings. The number of benzene rings is 1. The second kappa shape index (κ2) is 12.3. The van der Waals surface area contributed by atoms with Crippen LogP contribution in [0.2, 0.25) is 0 Å². The molecule has 1 unspecified atom stereocenters. The average Bonchev–Trinajstić information content (AvgIpc) is 3.83. The highest BCUT2D eigenvalue weighted by atomic mass is 19.3. The Kier molecular flexibility index (Phi) is 8.45. The minimum atomic E-state index is -4.13. The van der Waals surface area contributed by atoms with E-state index < -0.39 is 30.9 Å². The average molecular weight is 631 g/mol. The Labute approximate surface area is 257 Å². The van der Waals surface area contributed by atoms with Gasteiger partial charge in [0.05, 0.1) is 56.4 Å². The highest BCUT2D eigenvalue weighted by molar-refractivity contribution is 5.68. The lowest BCUT2D eigenvalue weighted by atomic mass is 9.91.